The molecule has 0 radical (unpaired) electrons. The number of esters is 2. The van der Waals surface area contributed by atoms with Crippen LogP contribution in [0.15, 0.2) is 54.6 Å². The quantitative estimate of drug-likeness (QED) is 0.0636. The number of hydrogen-bond acceptors (Lipinski definition) is 12. The van der Waals surface area contributed by atoms with Gasteiger partial charge >= 0.3 is 19.5 Å². The topological polar surface area (TPSA) is 255 Å². The minimum absolute atomic E-state index is 0.0269. The van der Waals surface area contributed by atoms with Crippen LogP contribution in [0.4, 0.5) is 0 Å². The van der Waals surface area contributed by atoms with Crippen molar-refractivity contribution in [2.75, 3.05) is 13.6 Å². The molecule has 4 atom stereocenters. The number of H-pyrrole nitrogens is 1. The first-order valence-electron chi connectivity index (χ1n) is 21.5. The van der Waals surface area contributed by atoms with E-state index in [9.17, 15) is 38.1 Å². The number of nitrogens with one attached hydrogen (secondary N) is 4. The first-order valence-corrected chi connectivity index (χ1v) is 23.2. The van der Waals surface area contributed by atoms with Crippen LogP contribution in [-0.2, 0) is 64.6 Å². The molecule has 348 valence electrons. The van der Waals surface area contributed by atoms with Crippen LogP contribution in [0.25, 0.3) is 10.9 Å². The van der Waals surface area contributed by atoms with Gasteiger partial charge in [0.1, 0.15) is 23.8 Å². The highest BCUT2D eigenvalue weighted by atomic mass is 31.2. The molecule has 5 amide bonds. The molecule has 6 N–H and O–H groups in total. The number of primary amides is 1. The maximum absolute atomic E-state index is 14.3. The zero-order chi connectivity index (χ0) is 46.8. The number of hydrogen-bond donors (Lipinski definition) is 5. The number of aromatic nitrogens is 1. The number of rotatable bonds is 18. The molecule has 2 aliphatic rings. The van der Waals surface area contributed by atoms with Crippen LogP contribution in [-0.4, -0.2) is 89.1 Å². The number of fused-ring (bicyclic) bond motifs is 2. The summed E-state index contributed by atoms with van der Waals surface area (Å²) in [5, 5.41) is 9.02. The Kier molecular flexibility index (Phi) is 16.5. The minimum Gasteiger partial charge on any atom is -0.438 e. The van der Waals surface area contributed by atoms with Crippen molar-refractivity contribution in [3.05, 3.63) is 71.4 Å². The number of nitrogens with two attached hydrogens (primary N) is 1. The lowest BCUT2D eigenvalue weighted by molar-refractivity contribution is -0.162. The smallest absolute Gasteiger partial charge is 0.340 e. The van der Waals surface area contributed by atoms with E-state index in [1.807, 2.05) is 30.3 Å². The van der Waals surface area contributed by atoms with Gasteiger partial charge in [-0.2, -0.15) is 0 Å². The first-order chi connectivity index (χ1) is 30.1. The Labute approximate surface area is 372 Å². The van der Waals surface area contributed by atoms with E-state index in [1.165, 1.54) is 0 Å². The molecule has 2 aromatic carbocycles. The number of benzene rings is 2. The van der Waals surface area contributed by atoms with E-state index in [4.69, 9.17) is 24.3 Å². The number of carbonyl (C=O) groups is 7. The fraction of sp³-hybridized carbons (Fsp3) is 0.533. The molecule has 3 aromatic rings. The van der Waals surface area contributed by atoms with E-state index in [-0.39, 0.29) is 37.3 Å². The summed E-state index contributed by atoms with van der Waals surface area (Å²) in [7, 11) is -4.10. The summed E-state index contributed by atoms with van der Waals surface area (Å²) in [4.78, 5) is 96.3. The van der Waals surface area contributed by atoms with Gasteiger partial charge in [-0.25, -0.2) is 0 Å². The summed E-state index contributed by atoms with van der Waals surface area (Å²) in [6, 6.07) is 12.6. The van der Waals surface area contributed by atoms with Crippen molar-refractivity contribution in [2.45, 2.75) is 130 Å². The summed E-state index contributed by atoms with van der Waals surface area (Å²) >= 11 is 0. The number of nitrogens with zero attached hydrogens (tertiary/aromatic N) is 1. The molecule has 2 saturated heterocycles. The Balaban J connectivity index is 1.27. The van der Waals surface area contributed by atoms with Crippen molar-refractivity contribution in [1.29, 1.82) is 0 Å². The van der Waals surface area contributed by atoms with Gasteiger partial charge in [0, 0.05) is 29.9 Å². The molecule has 2 fully saturated rings. The van der Waals surface area contributed by atoms with Crippen molar-refractivity contribution in [2.24, 2.45) is 16.6 Å². The third kappa shape index (κ3) is 13.7. The van der Waals surface area contributed by atoms with E-state index in [2.05, 4.69) is 20.9 Å². The molecule has 0 saturated carbocycles. The molecule has 1 aromatic heterocycles. The van der Waals surface area contributed by atoms with Crippen LogP contribution in [0.3, 0.4) is 0 Å². The number of amides is 5. The van der Waals surface area contributed by atoms with Crippen LogP contribution >= 0.6 is 7.60 Å². The largest absolute Gasteiger partial charge is 0.438 e. The van der Waals surface area contributed by atoms with E-state index in [0.29, 0.717) is 48.6 Å². The summed E-state index contributed by atoms with van der Waals surface area (Å²) in [6.07, 6.45) is 2.89. The Hall–Kier alpha value is -5.58. The molecule has 3 heterocycles. The molecule has 0 spiro atoms. The van der Waals surface area contributed by atoms with Crippen LogP contribution in [0.2, 0.25) is 0 Å². The van der Waals surface area contributed by atoms with Crippen LogP contribution in [0.1, 0.15) is 115 Å². The van der Waals surface area contributed by atoms with Gasteiger partial charge in [0.25, 0.3) is 5.91 Å². The average molecular weight is 909 g/mol. The molecule has 0 bridgehead atoms. The van der Waals surface area contributed by atoms with Crippen LogP contribution in [0, 0.1) is 10.8 Å². The Morgan fingerprint density at radius 1 is 0.844 bits per heavy atom. The zero-order valence-corrected chi connectivity index (χ0v) is 38.3. The number of aromatic amines is 1. The lowest BCUT2D eigenvalue weighted by atomic mass is 9.98. The van der Waals surface area contributed by atoms with Gasteiger partial charge < -0.3 is 41.0 Å². The van der Waals surface area contributed by atoms with Gasteiger partial charge in [0.15, 0.2) is 0 Å². The van der Waals surface area contributed by atoms with Crippen molar-refractivity contribution in [1.82, 2.24) is 25.8 Å². The van der Waals surface area contributed by atoms with Crippen molar-refractivity contribution in [3.63, 3.8) is 0 Å². The highest BCUT2D eigenvalue weighted by Gasteiger charge is 2.44. The summed E-state index contributed by atoms with van der Waals surface area (Å²) in [5.41, 5.74) is 5.72. The molecular weight excluding hydrogens is 847 g/mol. The molecule has 5 rings (SSSR count). The van der Waals surface area contributed by atoms with Crippen molar-refractivity contribution < 1.29 is 56.6 Å². The molecular formula is C45H61N6O12P. The van der Waals surface area contributed by atoms with E-state index < -0.39 is 91.6 Å². The number of carbonyl (C=O) groups excluding carboxylic acids is 7. The minimum atomic E-state index is -4.10. The second-order valence-corrected chi connectivity index (χ2v) is 20.4. The Bertz CT molecular complexity index is 2200. The van der Waals surface area contributed by atoms with E-state index in [1.54, 1.807) is 70.7 Å². The molecule has 19 heteroatoms. The molecule has 64 heavy (non-hydrogen) atoms. The van der Waals surface area contributed by atoms with Gasteiger partial charge in [-0.05, 0) is 103 Å². The van der Waals surface area contributed by atoms with Crippen LogP contribution < -0.4 is 21.7 Å². The standard InChI is InChI=1S/C45H61N6O12P/c1-44(2,3)42(57)60-26-62-64(59,63-27-61-43(58)45(4,5)6)25-29-16-18-32-30(22-29)23-35(48-32)39(54)50-34-15-11-10-14-31-17-20-36(51(31)41(34)56)40(55)49-33(19-21-37(46)52)38(53)47-24-28-12-8-7-9-13-28/h7-9,12-13,16,18,22-23,31,33-34,36,48H,10-11,14-15,17,19-21,24-27H2,1-6H3,(H2,46,52)(H,47,53)(H,49,55)(H,50,54)/t31?,33?,34-,36-/m0/s1. The normalized spacial score (nSPS) is 18.6. The Morgan fingerprint density at radius 3 is 2.11 bits per heavy atom. The third-order valence-corrected chi connectivity index (χ3v) is 12.7. The molecule has 18 nitrogen and oxygen atoms in total. The molecule has 0 aliphatic carbocycles. The maximum Gasteiger partial charge on any atom is 0.340 e. The van der Waals surface area contributed by atoms with Crippen molar-refractivity contribution >= 4 is 60.0 Å². The highest BCUT2D eigenvalue weighted by molar-refractivity contribution is 7.53. The van der Waals surface area contributed by atoms with Gasteiger partial charge in [-0.1, -0.05) is 49.2 Å². The lowest BCUT2D eigenvalue weighted by Gasteiger charge is -2.35. The Morgan fingerprint density at radius 2 is 1.48 bits per heavy atom. The lowest BCUT2D eigenvalue weighted by Crippen LogP contribution is -2.58. The predicted molar refractivity (Wildman–Crippen MR) is 235 cm³/mol. The van der Waals surface area contributed by atoms with Gasteiger partial charge in [0.2, 0.25) is 37.2 Å². The second-order valence-electron chi connectivity index (χ2n) is 18.3. The third-order valence-electron chi connectivity index (χ3n) is 11.0. The van der Waals surface area contributed by atoms with Gasteiger partial charge in [0.05, 0.1) is 17.0 Å². The second kappa shape index (κ2) is 21.4. The monoisotopic (exact) mass is 908 g/mol. The first kappa shape index (κ1) is 49.4. The summed E-state index contributed by atoms with van der Waals surface area (Å²) in [5.74, 6) is -3.80. The summed E-state index contributed by atoms with van der Waals surface area (Å²) in [6.45, 7) is 8.77. The van der Waals surface area contributed by atoms with E-state index >= 15 is 0 Å². The maximum atomic E-state index is 14.3. The predicted octanol–water partition coefficient (Wildman–Crippen LogP) is 5.09. The SMILES string of the molecule is CC(C)(C)C(=O)OCOP(=O)(Cc1ccc2[nH]c(C(=O)N[C@H]3CCCCC4CC[C@@H](C(=O)NC(CCC(N)=O)C(=O)NCc5ccccc5)N4C3=O)cc2c1)OCOC(=O)C(C)(C)C. The van der Waals surface area contributed by atoms with Gasteiger partial charge in [-0.15, -0.1) is 0 Å². The van der Waals surface area contributed by atoms with Crippen LogP contribution in [0.5, 0.6) is 0 Å². The van der Waals surface area contributed by atoms with Gasteiger partial charge in [-0.3, -0.25) is 47.2 Å². The number of ether oxygens (including phenoxy) is 2. The van der Waals surface area contributed by atoms with Crippen molar-refractivity contribution in [3.8, 4) is 0 Å². The summed E-state index contributed by atoms with van der Waals surface area (Å²) < 4.78 is 35.3. The van der Waals surface area contributed by atoms with E-state index in [0.717, 1.165) is 12.0 Å². The average Bonchev–Trinajstić information content (AvgIpc) is 3.85. The molecule has 2 aliphatic heterocycles. The fourth-order valence-electron chi connectivity index (χ4n) is 7.40. The fourth-order valence-corrected chi connectivity index (χ4v) is 8.73. The zero-order valence-electron chi connectivity index (χ0n) is 37.4. The highest BCUT2D eigenvalue weighted by Crippen LogP contribution is 2.52. The molecule has 2 unspecified atom stereocenters.